The van der Waals surface area contributed by atoms with Crippen LogP contribution in [0.25, 0.3) is 70.3 Å². The molecule has 1 aliphatic carbocycles. The van der Waals surface area contributed by atoms with Gasteiger partial charge in [-0.25, -0.2) is 0 Å². The molecule has 0 saturated heterocycles. The van der Waals surface area contributed by atoms with Gasteiger partial charge in [0.15, 0.2) is 0 Å². The first-order chi connectivity index (χ1) is 23.7. The fourth-order valence-corrected chi connectivity index (χ4v) is 9.50. The van der Waals surface area contributed by atoms with Crippen LogP contribution in [0.15, 0.2) is 140 Å². The number of hydrogen-bond donors (Lipinski definition) is 0. The molecule has 1 atom stereocenters. The number of hydrogen-bond acceptors (Lipinski definition) is 2. The lowest BCUT2D eigenvalue weighted by atomic mass is 9.71. The molecular formula is C44H29N3S. The lowest BCUT2D eigenvalue weighted by Crippen LogP contribution is -2.29. The van der Waals surface area contributed by atoms with Crippen molar-refractivity contribution in [2.24, 2.45) is 0 Å². The smallest absolute Gasteiger partial charge is 0.0991 e. The molecule has 0 amide bonds. The molecule has 1 aliphatic rings. The van der Waals surface area contributed by atoms with Crippen molar-refractivity contribution in [1.29, 1.82) is 5.26 Å². The zero-order chi connectivity index (χ0) is 32.0. The lowest BCUT2D eigenvalue weighted by molar-refractivity contribution is 0.550. The highest BCUT2D eigenvalue weighted by atomic mass is 32.1. The van der Waals surface area contributed by atoms with E-state index in [1.54, 1.807) is 0 Å². The largest absolute Gasteiger partial charge is 0.311 e. The summed E-state index contributed by atoms with van der Waals surface area (Å²) >= 11 is 1.81. The summed E-state index contributed by atoms with van der Waals surface area (Å²) in [6.07, 6.45) is 5.59. The normalized spacial score (nSPS) is 15.9. The van der Waals surface area contributed by atoms with Crippen molar-refractivity contribution in [3.05, 3.63) is 162 Å². The summed E-state index contributed by atoms with van der Waals surface area (Å²) in [7, 11) is 0. The Morgan fingerprint density at radius 3 is 2.21 bits per heavy atom. The Morgan fingerprint density at radius 2 is 1.38 bits per heavy atom. The highest BCUT2D eigenvalue weighted by Gasteiger charge is 2.39. The quantitative estimate of drug-likeness (QED) is 0.191. The Balaban J connectivity index is 1.34. The van der Waals surface area contributed by atoms with Crippen molar-refractivity contribution in [1.82, 2.24) is 9.13 Å². The first-order valence-electron chi connectivity index (χ1n) is 16.4. The van der Waals surface area contributed by atoms with Crippen LogP contribution < -0.4 is 0 Å². The third kappa shape index (κ3) is 3.62. The number of allylic oxidation sites excluding steroid dienone is 1. The van der Waals surface area contributed by atoms with Gasteiger partial charge in [-0.2, -0.15) is 5.26 Å². The van der Waals surface area contributed by atoms with E-state index in [1.165, 1.54) is 75.7 Å². The van der Waals surface area contributed by atoms with Gasteiger partial charge in [-0.15, -0.1) is 11.3 Å². The van der Waals surface area contributed by atoms with Crippen molar-refractivity contribution < 1.29 is 0 Å². The molecule has 9 aromatic rings. The highest BCUT2D eigenvalue weighted by Crippen LogP contribution is 2.50. The predicted molar refractivity (Wildman–Crippen MR) is 202 cm³/mol. The van der Waals surface area contributed by atoms with Gasteiger partial charge in [0.05, 0.1) is 38.6 Å². The van der Waals surface area contributed by atoms with E-state index in [1.807, 2.05) is 23.5 Å². The first kappa shape index (κ1) is 27.2. The molecule has 0 radical (unpaired) electrons. The molecule has 6 aromatic carbocycles. The maximum absolute atomic E-state index is 9.68. The average molecular weight is 632 g/mol. The number of aromatic nitrogens is 2. The minimum absolute atomic E-state index is 0.351. The van der Waals surface area contributed by atoms with Gasteiger partial charge in [0.2, 0.25) is 0 Å². The predicted octanol–water partition coefficient (Wildman–Crippen LogP) is 11.7. The molecule has 226 valence electrons. The molecule has 4 heteroatoms. The maximum Gasteiger partial charge on any atom is 0.0991 e. The van der Waals surface area contributed by atoms with E-state index < -0.39 is 0 Å². The number of fused-ring (bicyclic) bond motifs is 9. The summed E-state index contributed by atoms with van der Waals surface area (Å²) < 4.78 is 7.45. The molecule has 3 heterocycles. The summed E-state index contributed by atoms with van der Waals surface area (Å²) in [6.45, 7) is 2.44. The zero-order valence-corrected chi connectivity index (χ0v) is 27.1. The van der Waals surface area contributed by atoms with Crippen LogP contribution in [0.1, 0.15) is 35.7 Å². The van der Waals surface area contributed by atoms with Gasteiger partial charge in [-0.1, -0.05) is 97.1 Å². The lowest BCUT2D eigenvalue weighted by Gasteiger charge is -2.35. The SMILES string of the molecule is CC1(c2cccc3c4ccccc4n(-c4ccccc4)c23)CC=Cc2c1n(-c1cccc3c1sc1ccc(C#N)cc13)c1ccccc21. The van der Waals surface area contributed by atoms with Crippen LogP contribution in [-0.4, -0.2) is 9.13 Å². The number of benzene rings is 6. The van der Waals surface area contributed by atoms with Crippen LogP contribution in [0.3, 0.4) is 0 Å². The first-order valence-corrected chi connectivity index (χ1v) is 17.2. The van der Waals surface area contributed by atoms with Crippen LogP contribution in [0, 0.1) is 11.3 Å². The monoisotopic (exact) mass is 631 g/mol. The van der Waals surface area contributed by atoms with E-state index in [9.17, 15) is 5.26 Å². The summed E-state index contributed by atoms with van der Waals surface area (Å²) in [5, 5.41) is 15.8. The van der Waals surface area contributed by atoms with E-state index in [2.05, 4.69) is 156 Å². The van der Waals surface area contributed by atoms with Crippen molar-refractivity contribution >= 4 is 70.3 Å². The van der Waals surface area contributed by atoms with Crippen molar-refractivity contribution in [2.75, 3.05) is 0 Å². The second-order valence-corrected chi connectivity index (χ2v) is 14.1. The van der Waals surface area contributed by atoms with Gasteiger partial charge in [0, 0.05) is 54.0 Å². The molecule has 0 spiro atoms. The molecular weight excluding hydrogens is 603 g/mol. The van der Waals surface area contributed by atoms with Gasteiger partial charge >= 0.3 is 0 Å². The van der Waals surface area contributed by atoms with Gasteiger partial charge in [-0.05, 0) is 67.4 Å². The number of nitriles is 1. The van der Waals surface area contributed by atoms with Gasteiger partial charge < -0.3 is 9.13 Å². The van der Waals surface area contributed by atoms with Crippen LogP contribution in [0.5, 0.6) is 0 Å². The van der Waals surface area contributed by atoms with Crippen LogP contribution in [0.4, 0.5) is 0 Å². The van der Waals surface area contributed by atoms with Crippen molar-refractivity contribution in [2.45, 2.75) is 18.8 Å². The third-order valence-electron chi connectivity index (χ3n) is 10.4. The molecule has 0 aliphatic heterocycles. The van der Waals surface area contributed by atoms with Crippen LogP contribution in [-0.2, 0) is 5.41 Å². The average Bonchev–Trinajstić information content (AvgIpc) is 3.80. The van der Waals surface area contributed by atoms with Crippen LogP contribution in [0.2, 0.25) is 0 Å². The Bertz CT molecular complexity index is 2840. The zero-order valence-electron chi connectivity index (χ0n) is 26.3. The van der Waals surface area contributed by atoms with E-state index in [0.29, 0.717) is 5.56 Å². The number of nitrogens with zero attached hydrogens (tertiary/aromatic N) is 3. The fraction of sp³-hybridized carbons (Fsp3) is 0.0682. The molecule has 0 saturated carbocycles. The van der Waals surface area contributed by atoms with Gasteiger partial charge in [0.25, 0.3) is 0 Å². The van der Waals surface area contributed by atoms with Gasteiger partial charge in [0.1, 0.15) is 0 Å². The highest BCUT2D eigenvalue weighted by molar-refractivity contribution is 7.26. The molecule has 0 fully saturated rings. The maximum atomic E-state index is 9.68. The Morgan fingerprint density at radius 1 is 0.667 bits per heavy atom. The molecule has 48 heavy (non-hydrogen) atoms. The summed E-state index contributed by atoms with van der Waals surface area (Å²) in [5.74, 6) is 0. The van der Waals surface area contributed by atoms with E-state index in [-0.39, 0.29) is 5.41 Å². The topological polar surface area (TPSA) is 33.6 Å². The Labute approximate surface area is 281 Å². The second-order valence-electron chi connectivity index (χ2n) is 13.0. The molecule has 0 N–H and O–H groups in total. The van der Waals surface area contributed by atoms with E-state index >= 15 is 0 Å². The Hall–Kier alpha value is -5.89. The standard InChI is InChI=1S/C44H29N3S/c1-44(36-19-9-16-32-30-14-5-7-20-37(30)46(41(32)36)29-12-3-2-4-13-29)25-11-18-34-31-15-6-8-21-38(31)47(43(34)44)39-22-10-17-33-35-26-28(27-45)23-24-40(35)48-42(33)39/h2-24,26H,25H2,1H3. The molecule has 1 unspecified atom stereocenters. The second kappa shape index (κ2) is 10.1. The summed E-state index contributed by atoms with van der Waals surface area (Å²) in [5.41, 5.74) is 10.3. The van der Waals surface area contributed by atoms with Crippen molar-refractivity contribution in [3.8, 4) is 17.4 Å². The number of thiophene rings is 1. The van der Waals surface area contributed by atoms with Gasteiger partial charge in [-0.3, -0.25) is 0 Å². The van der Waals surface area contributed by atoms with Crippen LogP contribution >= 0.6 is 11.3 Å². The van der Waals surface area contributed by atoms with E-state index in [4.69, 9.17) is 0 Å². The van der Waals surface area contributed by atoms with Crippen molar-refractivity contribution in [3.63, 3.8) is 0 Å². The third-order valence-corrected chi connectivity index (χ3v) is 11.6. The molecule has 3 aromatic heterocycles. The minimum atomic E-state index is -0.351. The fourth-order valence-electron chi connectivity index (χ4n) is 8.31. The molecule has 0 bridgehead atoms. The minimum Gasteiger partial charge on any atom is -0.311 e. The van der Waals surface area contributed by atoms with E-state index in [0.717, 1.165) is 11.8 Å². The summed E-state index contributed by atoms with van der Waals surface area (Å²) in [6, 6.07) is 50.4. The Kier molecular flexibility index (Phi) is 5.71. The summed E-state index contributed by atoms with van der Waals surface area (Å²) in [4.78, 5) is 0. The number of para-hydroxylation sites is 4. The molecule has 10 rings (SSSR count). The number of rotatable bonds is 3. The molecule has 3 nitrogen and oxygen atoms in total.